The lowest BCUT2D eigenvalue weighted by atomic mass is 10.2. The van der Waals surface area contributed by atoms with Crippen molar-refractivity contribution in [3.05, 3.63) is 48.5 Å². The Morgan fingerprint density at radius 2 is 1.93 bits per heavy atom. The van der Waals surface area contributed by atoms with Gasteiger partial charge in [-0.3, -0.25) is 9.59 Å². The molecule has 138 valence electrons. The Morgan fingerprint density at radius 1 is 1.11 bits per heavy atom. The zero-order valence-corrected chi connectivity index (χ0v) is 15.4. The van der Waals surface area contributed by atoms with Gasteiger partial charge in [0.15, 0.2) is 5.65 Å². The number of nitrogens with zero attached hydrogens (tertiary/aromatic N) is 4. The summed E-state index contributed by atoms with van der Waals surface area (Å²) in [5.41, 5.74) is 3.60. The normalized spacial score (nSPS) is 13.6. The summed E-state index contributed by atoms with van der Waals surface area (Å²) in [6.45, 7) is -0.00341. The molecular formula is C19H14N6O2S. The number of rotatable bonds is 3. The van der Waals surface area contributed by atoms with Gasteiger partial charge in [0.2, 0.25) is 17.0 Å². The number of H-pyrrole nitrogens is 1. The first-order valence-corrected chi connectivity index (χ1v) is 9.61. The molecule has 0 spiro atoms. The van der Waals surface area contributed by atoms with E-state index in [0.717, 1.165) is 10.9 Å². The summed E-state index contributed by atoms with van der Waals surface area (Å²) < 4.78 is 0. The maximum absolute atomic E-state index is 12.7. The molecule has 1 aliphatic rings. The summed E-state index contributed by atoms with van der Waals surface area (Å²) in [5.74, 6) is -0.295. The third-order valence-corrected chi connectivity index (χ3v) is 5.32. The molecule has 8 nitrogen and oxygen atoms in total. The Bertz CT molecular complexity index is 1240. The fraction of sp³-hybridized carbons (Fsp3) is 0.105. The maximum Gasteiger partial charge on any atom is 0.244 e. The molecule has 0 unspecified atom stereocenters. The van der Waals surface area contributed by atoms with E-state index in [2.05, 4.69) is 25.5 Å². The van der Waals surface area contributed by atoms with E-state index in [1.165, 1.54) is 16.7 Å². The van der Waals surface area contributed by atoms with Gasteiger partial charge in [-0.1, -0.05) is 42.1 Å². The number of carbonyl (C=O) groups excluding carboxylic acids is 2. The van der Waals surface area contributed by atoms with Gasteiger partial charge in [-0.25, -0.2) is 4.98 Å². The quantitative estimate of drug-likeness (QED) is 0.521. The molecule has 2 aromatic carbocycles. The van der Waals surface area contributed by atoms with E-state index in [1.807, 2.05) is 42.5 Å². The van der Waals surface area contributed by atoms with Crippen LogP contribution < -0.4 is 10.2 Å². The number of amides is 2. The molecule has 4 aromatic rings. The van der Waals surface area contributed by atoms with E-state index in [1.54, 1.807) is 6.07 Å². The minimum Gasteiger partial charge on any atom is -0.338 e. The molecule has 5 rings (SSSR count). The van der Waals surface area contributed by atoms with Crippen molar-refractivity contribution in [2.24, 2.45) is 0 Å². The van der Waals surface area contributed by atoms with Crippen molar-refractivity contribution in [3.63, 3.8) is 0 Å². The molecule has 9 heteroatoms. The van der Waals surface area contributed by atoms with Crippen molar-refractivity contribution >= 4 is 57.0 Å². The molecular weight excluding hydrogens is 376 g/mol. The van der Waals surface area contributed by atoms with Crippen molar-refractivity contribution < 1.29 is 9.59 Å². The summed E-state index contributed by atoms with van der Waals surface area (Å²) in [6.07, 6.45) is 0. The lowest BCUT2D eigenvalue weighted by Crippen LogP contribution is -2.43. The van der Waals surface area contributed by atoms with Gasteiger partial charge in [-0.2, -0.15) is 0 Å². The van der Waals surface area contributed by atoms with Crippen molar-refractivity contribution in [2.45, 2.75) is 5.16 Å². The van der Waals surface area contributed by atoms with Crippen LogP contribution in [0.15, 0.2) is 53.7 Å². The third-order valence-electron chi connectivity index (χ3n) is 4.50. The Morgan fingerprint density at radius 3 is 2.86 bits per heavy atom. The van der Waals surface area contributed by atoms with Gasteiger partial charge in [0.1, 0.15) is 12.1 Å². The predicted octanol–water partition coefficient (Wildman–Crippen LogP) is 2.58. The molecule has 0 saturated heterocycles. The van der Waals surface area contributed by atoms with E-state index in [-0.39, 0.29) is 24.1 Å². The summed E-state index contributed by atoms with van der Waals surface area (Å²) in [4.78, 5) is 33.8. The molecule has 2 aromatic heterocycles. The number of fused-ring (bicyclic) bond motifs is 4. The van der Waals surface area contributed by atoms with Gasteiger partial charge in [0.05, 0.1) is 17.1 Å². The highest BCUT2D eigenvalue weighted by Crippen LogP contribution is 2.30. The second-order valence-corrected chi connectivity index (χ2v) is 7.24. The number of hydrogen-bond acceptors (Lipinski definition) is 6. The molecule has 28 heavy (non-hydrogen) atoms. The monoisotopic (exact) mass is 390 g/mol. The smallest absolute Gasteiger partial charge is 0.244 e. The van der Waals surface area contributed by atoms with Crippen molar-refractivity contribution in [2.75, 3.05) is 22.5 Å². The molecule has 2 N–H and O–H groups in total. The first-order valence-electron chi connectivity index (χ1n) is 8.62. The van der Waals surface area contributed by atoms with Gasteiger partial charge in [-0.15, -0.1) is 10.2 Å². The van der Waals surface area contributed by atoms with Gasteiger partial charge < -0.3 is 15.2 Å². The minimum atomic E-state index is -0.213. The highest BCUT2D eigenvalue weighted by atomic mass is 32.2. The van der Waals surface area contributed by atoms with E-state index in [9.17, 15) is 9.59 Å². The molecule has 0 saturated carbocycles. The average Bonchev–Trinajstić information content (AvgIpc) is 3.09. The summed E-state index contributed by atoms with van der Waals surface area (Å²) >= 11 is 1.20. The molecule has 0 bridgehead atoms. The summed E-state index contributed by atoms with van der Waals surface area (Å²) in [7, 11) is 0. The highest BCUT2D eigenvalue weighted by molar-refractivity contribution is 7.99. The van der Waals surface area contributed by atoms with Crippen LogP contribution in [-0.2, 0) is 9.59 Å². The van der Waals surface area contributed by atoms with E-state index in [4.69, 9.17) is 0 Å². The number of aromatic nitrogens is 4. The third kappa shape index (κ3) is 2.85. The van der Waals surface area contributed by atoms with Gasteiger partial charge in [0.25, 0.3) is 0 Å². The standard InChI is InChI=1S/C19H14N6O2S/c26-15-9-25(14-8-4-3-7-13(14)20-15)16(27)10-28-19-22-18-17(23-24-19)11-5-1-2-6-12(11)21-18/h1-8H,9-10H2,(H,20,26)(H,21,22,24). The molecule has 0 atom stereocenters. The van der Waals surface area contributed by atoms with Crippen LogP contribution in [0.1, 0.15) is 0 Å². The zero-order valence-electron chi connectivity index (χ0n) is 14.5. The molecule has 1 aliphatic heterocycles. The first kappa shape index (κ1) is 16.7. The molecule has 0 fully saturated rings. The van der Waals surface area contributed by atoms with Gasteiger partial charge >= 0.3 is 0 Å². The average molecular weight is 390 g/mol. The Kier molecular flexibility index (Phi) is 3.94. The largest absolute Gasteiger partial charge is 0.338 e. The van der Waals surface area contributed by atoms with Crippen LogP contribution in [-0.4, -0.2) is 44.3 Å². The number of aromatic amines is 1. The van der Waals surface area contributed by atoms with E-state index >= 15 is 0 Å². The van der Waals surface area contributed by atoms with Crippen LogP contribution in [0.3, 0.4) is 0 Å². The maximum atomic E-state index is 12.7. The number of carbonyl (C=O) groups is 2. The van der Waals surface area contributed by atoms with E-state index < -0.39 is 0 Å². The Hall–Kier alpha value is -3.46. The van der Waals surface area contributed by atoms with Crippen LogP contribution in [0, 0.1) is 0 Å². The summed E-state index contributed by atoms with van der Waals surface area (Å²) in [6, 6.07) is 15.0. The second kappa shape index (κ2) is 6.61. The highest BCUT2D eigenvalue weighted by Gasteiger charge is 2.26. The fourth-order valence-corrected chi connectivity index (χ4v) is 3.89. The molecule has 0 radical (unpaired) electrons. The Labute approximate surface area is 163 Å². The number of para-hydroxylation sites is 3. The van der Waals surface area contributed by atoms with Crippen LogP contribution in [0.4, 0.5) is 11.4 Å². The van der Waals surface area contributed by atoms with E-state index in [0.29, 0.717) is 27.7 Å². The zero-order chi connectivity index (χ0) is 19.1. The lowest BCUT2D eigenvalue weighted by Gasteiger charge is -2.28. The predicted molar refractivity (Wildman–Crippen MR) is 107 cm³/mol. The Balaban J connectivity index is 1.37. The molecule has 0 aliphatic carbocycles. The van der Waals surface area contributed by atoms with Gasteiger partial charge in [0, 0.05) is 10.9 Å². The van der Waals surface area contributed by atoms with Crippen LogP contribution in [0.25, 0.3) is 22.1 Å². The van der Waals surface area contributed by atoms with Crippen molar-refractivity contribution in [1.29, 1.82) is 0 Å². The SMILES string of the molecule is O=C1CN(C(=O)CSc2nnc3c(n2)[nH]c2ccccc23)c2ccccc2N1. The van der Waals surface area contributed by atoms with Crippen LogP contribution in [0.2, 0.25) is 0 Å². The minimum absolute atomic E-state index is 0.00341. The van der Waals surface area contributed by atoms with Crippen LogP contribution in [0.5, 0.6) is 0 Å². The lowest BCUT2D eigenvalue weighted by molar-refractivity contribution is -0.120. The van der Waals surface area contributed by atoms with Crippen molar-refractivity contribution in [3.8, 4) is 0 Å². The van der Waals surface area contributed by atoms with Gasteiger partial charge in [-0.05, 0) is 18.2 Å². The molecule has 2 amide bonds. The topological polar surface area (TPSA) is 104 Å². The van der Waals surface area contributed by atoms with Crippen LogP contribution >= 0.6 is 11.8 Å². The van der Waals surface area contributed by atoms with Crippen molar-refractivity contribution in [1.82, 2.24) is 20.2 Å². The number of benzene rings is 2. The fourth-order valence-electron chi connectivity index (χ4n) is 3.23. The number of anilines is 2. The number of hydrogen-bond donors (Lipinski definition) is 2. The summed E-state index contributed by atoms with van der Waals surface area (Å²) in [5, 5.41) is 12.5. The molecule has 3 heterocycles. The second-order valence-electron chi connectivity index (χ2n) is 6.30. The number of nitrogens with one attached hydrogen (secondary N) is 2. The first-order chi connectivity index (χ1) is 13.7. The number of thioether (sulfide) groups is 1.